The number of rotatable bonds is 9. The summed E-state index contributed by atoms with van der Waals surface area (Å²) in [5.74, 6) is -0.0280. The van der Waals surface area contributed by atoms with Crippen LogP contribution in [-0.2, 0) is 6.42 Å². The van der Waals surface area contributed by atoms with E-state index in [1.165, 1.54) is 17.4 Å². The summed E-state index contributed by atoms with van der Waals surface area (Å²) in [7, 11) is 0. The normalized spacial score (nSPS) is 10.8. The molecule has 0 spiro atoms. The lowest BCUT2D eigenvalue weighted by atomic mass is 9.99. The molecule has 0 atom stereocenters. The first kappa shape index (κ1) is 21.6. The Morgan fingerprint density at radius 1 is 1.13 bits per heavy atom. The Hall–Kier alpha value is -3.06. The van der Waals surface area contributed by atoms with Crippen molar-refractivity contribution in [2.24, 2.45) is 0 Å². The number of thiazole rings is 1. The highest BCUT2D eigenvalue weighted by Gasteiger charge is 2.19. The summed E-state index contributed by atoms with van der Waals surface area (Å²) in [6.45, 7) is 6.84. The second kappa shape index (κ2) is 9.63. The molecule has 0 aliphatic carbocycles. The van der Waals surface area contributed by atoms with Crippen LogP contribution in [0.1, 0.15) is 43.1 Å². The first-order valence-corrected chi connectivity index (χ1v) is 10.8. The number of aromatic hydroxyl groups is 1. The fourth-order valence-corrected chi connectivity index (χ4v) is 4.09. The molecule has 2 aromatic carbocycles. The topological polar surface area (TPSA) is 88.9 Å². The number of aromatic nitrogens is 1. The number of phenols is 1. The lowest BCUT2D eigenvalue weighted by molar-refractivity contribution is 0.0693. The molecule has 158 valence electrons. The van der Waals surface area contributed by atoms with Gasteiger partial charge in [-0.2, -0.15) is 0 Å². The number of ether oxygens (including phenoxy) is 2. The van der Waals surface area contributed by atoms with E-state index in [2.05, 4.69) is 0 Å². The Labute approximate surface area is 179 Å². The van der Waals surface area contributed by atoms with E-state index in [-0.39, 0.29) is 11.3 Å². The van der Waals surface area contributed by atoms with Crippen molar-refractivity contribution in [2.75, 3.05) is 13.2 Å². The summed E-state index contributed by atoms with van der Waals surface area (Å²) < 4.78 is 11.5. The number of carbonyl (C=O) groups is 1. The Bertz CT molecular complexity index is 1040. The van der Waals surface area contributed by atoms with Crippen molar-refractivity contribution in [2.45, 2.75) is 33.6 Å². The van der Waals surface area contributed by atoms with E-state index in [1.54, 1.807) is 0 Å². The van der Waals surface area contributed by atoms with Crippen LogP contribution in [0, 0.1) is 0 Å². The quantitative estimate of drug-likeness (QED) is 0.460. The Morgan fingerprint density at radius 2 is 1.90 bits per heavy atom. The summed E-state index contributed by atoms with van der Waals surface area (Å²) >= 11 is 1.45. The maximum atomic E-state index is 11.6. The number of carboxylic acid groups (broad SMARTS) is 1. The number of benzene rings is 2. The fraction of sp³-hybridized carbons (Fsp3) is 0.304. The molecular weight excluding hydrogens is 402 g/mol. The zero-order valence-electron chi connectivity index (χ0n) is 17.3. The molecular formula is C23H25NO5S. The lowest BCUT2D eigenvalue weighted by Gasteiger charge is -2.13. The summed E-state index contributed by atoms with van der Waals surface area (Å²) in [6.07, 6.45) is 1.38. The van der Waals surface area contributed by atoms with Crippen molar-refractivity contribution in [3.05, 3.63) is 46.8 Å². The van der Waals surface area contributed by atoms with E-state index >= 15 is 0 Å². The molecule has 0 saturated heterocycles. The standard InChI is InChI=1S/C23H25NO5S/c1-4-8-14-11-15(12-17(20(14)25)23(26)27)18-13-30-22(24-18)16-9-7-10-19(28-5-2)21(16)29-6-3/h7,9-13,25H,4-6,8H2,1-3H3,(H,26,27). The first-order valence-electron chi connectivity index (χ1n) is 9.94. The summed E-state index contributed by atoms with van der Waals surface area (Å²) in [5, 5.41) is 22.4. The Balaban J connectivity index is 2.08. The average Bonchev–Trinajstić information content (AvgIpc) is 3.21. The third kappa shape index (κ3) is 4.41. The van der Waals surface area contributed by atoms with Crippen LogP contribution in [-0.4, -0.2) is 34.4 Å². The summed E-state index contributed by atoms with van der Waals surface area (Å²) in [5.41, 5.74) is 2.63. The van der Waals surface area contributed by atoms with Crippen LogP contribution in [0.3, 0.4) is 0 Å². The maximum absolute atomic E-state index is 11.6. The van der Waals surface area contributed by atoms with Gasteiger partial charge in [0.2, 0.25) is 0 Å². The van der Waals surface area contributed by atoms with Gasteiger partial charge in [-0.3, -0.25) is 0 Å². The van der Waals surface area contributed by atoms with Crippen molar-refractivity contribution in [3.8, 4) is 39.1 Å². The van der Waals surface area contributed by atoms with Gasteiger partial charge < -0.3 is 19.7 Å². The molecule has 0 saturated carbocycles. The molecule has 7 heteroatoms. The molecule has 6 nitrogen and oxygen atoms in total. The zero-order chi connectivity index (χ0) is 21.7. The lowest BCUT2D eigenvalue weighted by Crippen LogP contribution is -2.01. The number of aromatic carboxylic acids is 1. The van der Waals surface area contributed by atoms with E-state index in [9.17, 15) is 15.0 Å². The van der Waals surface area contributed by atoms with Crippen molar-refractivity contribution in [1.82, 2.24) is 4.98 Å². The molecule has 1 heterocycles. The van der Waals surface area contributed by atoms with Gasteiger partial charge in [-0.15, -0.1) is 11.3 Å². The fourth-order valence-electron chi connectivity index (χ4n) is 3.24. The molecule has 0 aliphatic heterocycles. The van der Waals surface area contributed by atoms with Crippen LogP contribution in [0.4, 0.5) is 0 Å². The maximum Gasteiger partial charge on any atom is 0.339 e. The van der Waals surface area contributed by atoms with Crippen LogP contribution >= 0.6 is 11.3 Å². The highest BCUT2D eigenvalue weighted by molar-refractivity contribution is 7.13. The molecule has 0 radical (unpaired) electrons. The van der Waals surface area contributed by atoms with Gasteiger partial charge in [0, 0.05) is 10.9 Å². The molecule has 0 fully saturated rings. The molecule has 0 amide bonds. The summed E-state index contributed by atoms with van der Waals surface area (Å²) in [4.78, 5) is 16.3. The van der Waals surface area contributed by atoms with Crippen LogP contribution in [0.25, 0.3) is 21.8 Å². The van der Waals surface area contributed by atoms with Gasteiger partial charge in [0.05, 0.1) is 24.5 Å². The Kier molecular flexibility index (Phi) is 6.95. The van der Waals surface area contributed by atoms with E-state index in [0.717, 1.165) is 17.0 Å². The Morgan fingerprint density at radius 3 is 2.57 bits per heavy atom. The van der Waals surface area contributed by atoms with Gasteiger partial charge >= 0.3 is 5.97 Å². The third-order valence-corrected chi connectivity index (χ3v) is 5.41. The molecule has 30 heavy (non-hydrogen) atoms. The molecule has 3 rings (SSSR count). The molecule has 0 unspecified atom stereocenters. The number of carboxylic acids is 1. The number of hydrogen-bond donors (Lipinski definition) is 2. The van der Waals surface area contributed by atoms with Gasteiger partial charge in [0.1, 0.15) is 16.3 Å². The molecule has 2 N–H and O–H groups in total. The van der Waals surface area contributed by atoms with E-state index in [0.29, 0.717) is 48.0 Å². The van der Waals surface area contributed by atoms with Crippen molar-refractivity contribution in [3.63, 3.8) is 0 Å². The van der Waals surface area contributed by atoms with Crippen LogP contribution in [0.2, 0.25) is 0 Å². The van der Waals surface area contributed by atoms with E-state index in [4.69, 9.17) is 14.5 Å². The average molecular weight is 428 g/mol. The number of nitrogens with zero attached hydrogens (tertiary/aromatic N) is 1. The monoisotopic (exact) mass is 427 g/mol. The highest BCUT2D eigenvalue weighted by atomic mass is 32.1. The van der Waals surface area contributed by atoms with Crippen LogP contribution < -0.4 is 9.47 Å². The van der Waals surface area contributed by atoms with Crippen LogP contribution in [0.5, 0.6) is 17.2 Å². The number of aryl methyl sites for hydroxylation is 1. The van der Waals surface area contributed by atoms with Gasteiger partial charge in [-0.05, 0) is 50.1 Å². The molecule has 3 aromatic rings. The minimum atomic E-state index is -1.16. The SMILES string of the molecule is CCCc1cc(-c2csc(-c3cccc(OCC)c3OCC)n2)cc(C(=O)O)c1O. The van der Waals surface area contributed by atoms with Crippen molar-refractivity contribution in [1.29, 1.82) is 0 Å². The second-order valence-corrected chi connectivity index (χ2v) is 7.48. The van der Waals surface area contributed by atoms with E-state index < -0.39 is 5.97 Å². The summed E-state index contributed by atoms with van der Waals surface area (Å²) in [6, 6.07) is 8.97. The second-order valence-electron chi connectivity index (χ2n) is 6.62. The predicted molar refractivity (Wildman–Crippen MR) is 118 cm³/mol. The van der Waals surface area contributed by atoms with Crippen molar-refractivity contribution >= 4 is 17.3 Å². The third-order valence-electron chi connectivity index (χ3n) is 4.54. The van der Waals surface area contributed by atoms with Gasteiger partial charge in [-0.25, -0.2) is 9.78 Å². The van der Waals surface area contributed by atoms with Crippen LogP contribution in [0.15, 0.2) is 35.7 Å². The van der Waals surface area contributed by atoms with Gasteiger partial charge in [0.25, 0.3) is 0 Å². The van der Waals surface area contributed by atoms with Gasteiger partial charge in [0.15, 0.2) is 11.5 Å². The first-order chi connectivity index (χ1) is 14.5. The molecule has 1 aromatic heterocycles. The van der Waals surface area contributed by atoms with Crippen molar-refractivity contribution < 1.29 is 24.5 Å². The number of para-hydroxylation sites is 1. The van der Waals surface area contributed by atoms with Gasteiger partial charge in [-0.1, -0.05) is 19.4 Å². The highest BCUT2D eigenvalue weighted by Crippen LogP contribution is 2.41. The minimum absolute atomic E-state index is 0.112. The zero-order valence-corrected chi connectivity index (χ0v) is 18.1. The minimum Gasteiger partial charge on any atom is -0.507 e. The van der Waals surface area contributed by atoms with E-state index in [1.807, 2.05) is 50.4 Å². The molecule has 0 bridgehead atoms. The predicted octanol–water partition coefficient (Wildman–Crippen LogP) is 5.63. The smallest absolute Gasteiger partial charge is 0.339 e. The number of hydrogen-bond acceptors (Lipinski definition) is 6. The largest absolute Gasteiger partial charge is 0.507 e. The molecule has 0 aliphatic rings.